The van der Waals surface area contributed by atoms with E-state index in [-0.39, 0.29) is 24.2 Å². The Bertz CT molecular complexity index is 859. The summed E-state index contributed by atoms with van der Waals surface area (Å²) in [7, 11) is 0. The smallest absolute Gasteiger partial charge is 0.262 e. The summed E-state index contributed by atoms with van der Waals surface area (Å²) in [6, 6.07) is 12.2. The van der Waals surface area contributed by atoms with Gasteiger partial charge in [0, 0.05) is 30.4 Å². The zero-order valence-electron chi connectivity index (χ0n) is 14.7. The highest BCUT2D eigenvalue weighted by atomic mass is 16.5. The molecule has 2 amide bonds. The molecule has 1 aliphatic heterocycles. The van der Waals surface area contributed by atoms with Gasteiger partial charge in [-0.25, -0.2) is 0 Å². The topological polar surface area (TPSA) is 75.7 Å². The van der Waals surface area contributed by atoms with E-state index in [9.17, 15) is 14.4 Å². The second kappa shape index (κ2) is 7.39. The number of fused-ring (bicyclic) bond motifs is 1. The SMILES string of the molecule is CC(=O)c1ccc(OCC(=O)Nc2ccc3c(c2)CCN3C(C)=O)cc1. The number of Topliss-reactive ketones (excluding diaryl/α,β-unsaturated/α-hetero) is 1. The third-order valence-corrected chi connectivity index (χ3v) is 4.27. The van der Waals surface area contributed by atoms with E-state index < -0.39 is 0 Å². The summed E-state index contributed by atoms with van der Waals surface area (Å²) in [5, 5.41) is 2.79. The van der Waals surface area contributed by atoms with Crippen molar-refractivity contribution < 1.29 is 19.1 Å². The van der Waals surface area contributed by atoms with E-state index in [1.807, 2.05) is 12.1 Å². The largest absolute Gasteiger partial charge is 0.484 e. The van der Waals surface area contributed by atoms with Gasteiger partial charge in [-0.15, -0.1) is 0 Å². The van der Waals surface area contributed by atoms with Crippen LogP contribution >= 0.6 is 0 Å². The predicted molar refractivity (Wildman–Crippen MR) is 98.7 cm³/mol. The Morgan fingerprint density at radius 2 is 1.81 bits per heavy atom. The van der Waals surface area contributed by atoms with E-state index in [2.05, 4.69) is 5.32 Å². The third kappa shape index (κ3) is 3.91. The fourth-order valence-electron chi connectivity index (χ4n) is 2.94. The molecule has 1 N–H and O–H groups in total. The van der Waals surface area contributed by atoms with E-state index in [0.717, 1.165) is 17.7 Å². The highest BCUT2D eigenvalue weighted by Gasteiger charge is 2.22. The summed E-state index contributed by atoms with van der Waals surface area (Å²) in [6.45, 7) is 3.58. The van der Waals surface area contributed by atoms with Crippen LogP contribution in [-0.2, 0) is 16.0 Å². The number of benzene rings is 2. The summed E-state index contributed by atoms with van der Waals surface area (Å²) < 4.78 is 5.44. The molecule has 1 aliphatic rings. The molecule has 6 nitrogen and oxygen atoms in total. The molecule has 134 valence electrons. The Labute approximate surface area is 151 Å². The minimum absolute atomic E-state index is 0.0183. The number of hydrogen-bond donors (Lipinski definition) is 1. The first-order valence-corrected chi connectivity index (χ1v) is 8.39. The fraction of sp³-hybridized carbons (Fsp3) is 0.250. The third-order valence-electron chi connectivity index (χ3n) is 4.27. The number of amides is 2. The maximum Gasteiger partial charge on any atom is 0.262 e. The average molecular weight is 352 g/mol. The van der Waals surface area contributed by atoms with Gasteiger partial charge < -0.3 is 15.0 Å². The lowest BCUT2D eigenvalue weighted by molar-refractivity contribution is -0.118. The summed E-state index contributed by atoms with van der Waals surface area (Å²) in [5.41, 5.74) is 3.21. The highest BCUT2D eigenvalue weighted by molar-refractivity contribution is 5.96. The van der Waals surface area contributed by atoms with Gasteiger partial charge in [0.25, 0.3) is 5.91 Å². The number of hydrogen-bond acceptors (Lipinski definition) is 4. The molecule has 0 spiro atoms. The molecule has 0 bridgehead atoms. The van der Waals surface area contributed by atoms with Gasteiger partial charge in [0.2, 0.25) is 5.91 Å². The Balaban J connectivity index is 1.57. The average Bonchev–Trinajstić information content (AvgIpc) is 3.03. The zero-order valence-corrected chi connectivity index (χ0v) is 14.7. The minimum Gasteiger partial charge on any atom is -0.484 e. The van der Waals surface area contributed by atoms with E-state index in [0.29, 0.717) is 23.5 Å². The lowest BCUT2D eigenvalue weighted by Gasteiger charge is -2.15. The molecule has 0 unspecified atom stereocenters. The first kappa shape index (κ1) is 17.7. The molecule has 0 atom stereocenters. The van der Waals surface area contributed by atoms with Gasteiger partial charge in [0.1, 0.15) is 5.75 Å². The normalized spacial score (nSPS) is 12.5. The van der Waals surface area contributed by atoms with Crippen LogP contribution in [0.1, 0.15) is 29.8 Å². The van der Waals surface area contributed by atoms with Crippen molar-refractivity contribution >= 4 is 29.0 Å². The van der Waals surface area contributed by atoms with E-state index in [1.165, 1.54) is 6.92 Å². The van der Waals surface area contributed by atoms with Crippen molar-refractivity contribution in [1.29, 1.82) is 0 Å². The van der Waals surface area contributed by atoms with Crippen molar-refractivity contribution in [3.63, 3.8) is 0 Å². The van der Waals surface area contributed by atoms with Crippen molar-refractivity contribution in [2.75, 3.05) is 23.4 Å². The monoisotopic (exact) mass is 352 g/mol. The van der Waals surface area contributed by atoms with Crippen LogP contribution in [0.15, 0.2) is 42.5 Å². The van der Waals surface area contributed by atoms with Crippen LogP contribution in [0.5, 0.6) is 5.75 Å². The second-order valence-electron chi connectivity index (χ2n) is 6.18. The molecule has 2 aromatic rings. The number of rotatable bonds is 5. The van der Waals surface area contributed by atoms with Gasteiger partial charge in [-0.05, 0) is 61.4 Å². The first-order chi connectivity index (χ1) is 12.4. The molecule has 2 aromatic carbocycles. The van der Waals surface area contributed by atoms with Gasteiger partial charge in [0.15, 0.2) is 12.4 Å². The minimum atomic E-state index is -0.276. The molecule has 26 heavy (non-hydrogen) atoms. The predicted octanol–water partition coefficient (Wildman–Crippen LogP) is 2.82. The zero-order chi connectivity index (χ0) is 18.7. The van der Waals surface area contributed by atoms with Crippen LogP contribution in [0.25, 0.3) is 0 Å². The van der Waals surface area contributed by atoms with Gasteiger partial charge in [-0.2, -0.15) is 0 Å². The quantitative estimate of drug-likeness (QED) is 0.840. The first-order valence-electron chi connectivity index (χ1n) is 8.39. The molecule has 0 radical (unpaired) electrons. The molecule has 0 aliphatic carbocycles. The van der Waals surface area contributed by atoms with Crippen molar-refractivity contribution in [3.05, 3.63) is 53.6 Å². The standard InChI is InChI=1S/C20H20N2O4/c1-13(23)15-3-6-18(7-4-15)26-12-20(25)21-17-5-8-19-16(11-17)9-10-22(19)14(2)24/h3-8,11H,9-10,12H2,1-2H3,(H,21,25). The van der Waals surface area contributed by atoms with Crippen molar-refractivity contribution in [3.8, 4) is 5.75 Å². The van der Waals surface area contributed by atoms with Gasteiger partial charge in [0.05, 0.1) is 0 Å². The number of ether oxygens (including phenoxy) is 1. The Morgan fingerprint density at radius 3 is 2.46 bits per heavy atom. The Hall–Kier alpha value is -3.15. The Morgan fingerprint density at radius 1 is 1.08 bits per heavy atom. The molecular formula is C20H20N2O4. The lowest BCUT2D eigenvalue weighted by Crippen LogP contribution is -2.25. The van der Waals surface area contributed by atoms with Crippen molar-refractivity contribution in [2.24, 2.45) is 0 Å². The summed E-state index contributed by atoms with van der Waals surface area (Å²) in [6.07, 6.45) is 0.775. The van der Waals surface area contributed by atoms with Gasteiger partial charge in [-0.1, -0.05) is 0 Å². The molecule has 6 heteroatoms. The van der Waals surface area contributed by atoms with Crippen LogP contribution in [0, 0.1) is 0 Å². The summed E-state index contributed by atoms with van der Waals surface area (Å²) in [5.74, 6) is 0.247. The number of anilines is 2. The van der Waals surface area contributed by atoms with Crippen LogP contribution < -0.4 is 15.0 Å². The number of carbonyl (C=O) groups excluding carboxylic acids is 3. The fourth-order valence-corrected chi connectivity index (χ4v) is 2.94. The lowest BCUT2D eigenvalue weighted by atomic mass is 10.1. The van der Waals surface area contributed by atoms with E-state index >= 15 is 0 Å². The van der Waals surface area contributed by atoms with Crippen LogP contribution in [-0.4, -0.2) is 30.7 Å². The molecule has 0 fully saturated rings. The number of nitrogens with one attached hydrogen (secondary N) is 1. The van der Waals surface area contributed by atoms with Crippen LogP contribution in [0.2, 0.25) is 0 Å². The number of nitrogens with zero attached hydrogens (tertiary/aromatic N) is 1. The molecule has 0 aromatic heterocycles. The van der Waals surface area contributed by atoms with Gasteiger partial charge >= 0.3 is 0 Å². The van der Waals surface area contributed by atoms with Crippen molar-refractivity contribution in [1.82, 2.24) is 0 Å². The molecule has 3 rings (SSSR count). The molecule has 0 saturated heterocycles. The van der Waals surface area contributed by atoms with Crippen molar-refractivity contribution in [2.45, 2.75) is 20.3 Å². The van der Waals surface area contributed by atoms with Crippen LogP contribution in [0.4, 0.5) is 11.4 Å². The molecule has 0 saturated carbocycles. The van der Waals surface area contributed by atoms with E-state index in [4.69, 9.17) is 4.74 Å². The Kier molecular flexibility index (Phi) is 5.02. The maximum atomic E-state index is 12.1. The van der Waals surface area contributed by atoms with Crippen LogP contribution in [0.3, 0.4) is 0 Å². The van der Waals surface area contributed by atoms with E-state index in [1.54, 1.807) is 42.2 Å². The second-order valence-corrected chi connectivity index (χ2v) is 6.18. The maximum absolute atomic E-state index is 12.1. The number of ketones is 1. The number of carbonyl (C=O) groups is 3. The highest BCUT2D eigenvalue weighted by Crippen LogP contribution is 2.30. The molecular weight excluding hydrogens is 332 g/mol. The van der Waals surface area contributed by atoms with Gasteiger partial charge in [-0.3, -0.25) is 14.4 Å². The summed E-state index contributed by atoms with van der Waals surface area (Å²) in [4.78, 5) is 36.6. The summed E-state index contributed by atoms with van der Waals surface area (Å²) >= 11 is 0. The molecule has 1 heterocycles.